The molecule has 4 aromatic rings. The monoisotopic (exact) mass is 668 g/mol. The molecule has 0 aromatic carbocycles. The van der Waals surface area contributed by atoms with Gasteiger partial charge in [0.2, 0.25) is 5.95 Å². The molecule has 1 N–H and O–H groups in total. The number of piperazine rings is 1. The van der Waals surface area contributed by atoms with E-state index in [1.807, 2.05) is 42.3 Å². The van der Waals surface area contributed by atoms with E-state index in [1.165, 1.54) is 4.90 Å². The molecule has 6 rings (SSSR count). The normalized spacial score (nSPS) is 17.5. The van der Waals surface area contributed by atoms with E-state index in [4.69, 9.17) is 24.8 Å². The molecule has 1 amide bonds. The molecule has 0 aliphatic carbocycles. The number of carbonyl (C=O) groups is 1. The van der Waals surface area contributed by atoms with E-state index in [1.54, 1.807) is 0 Å². The Bertz CT molecular complexity index is 1620. The second-order valence-electron chi connectivity index (χ2n) is 12.3. The summed E-state index contributed by atoms with van der Waals surface area (Å²) < 4.78 is 11.0. The number of halogens is 1. The molecular formula is C28H37BrN10O3Si. The highest BCUT2D eigenvalue weighted by molar-refractivity contribution is 9.10. The van der Waals surface area contributed by atoms with Crippen molar-refractivity contribution in [3.63, 3.8) is 0 Å². The molecule has 0 unspecified atom stereocenters. The summed E-state index contributed by atoms with van der Waals surface area (Å²) in [4.78, 5) is 36.3. The molecule has 0 bridgehead atoms. The van der Waals surface area contributed by atoms with Gasteiger partial charge in [-0.1, -0.05) is 19.6 Å². The van der Waals surface area contributed by atoms with Crippen LogP contribution in [0.25, 0.3) is 22.3 Å². The Morgan fingerprint density at radius 3 is 2.60 bits per heavy atom. The summed E-state index contributed by atoms with van der Waals surface area (Å²) in [6.07, 6.45) is 4.60. The Morgan fingerprint density at radius 2 is 1.88 bits per heavy atom. The summed E-state index contributed by atoms with van der Waals surface area (Å²) >= 11 is 3.57. The molecule has 1 atom stereocenters. The number of anilines is 2. The maximum atomic E-state index is 11.5. The van der Waals surface area contributed by atoms with Crippen molar-refractivity contribution in [3.05, 3.63) is 41.2 Å². The second kappa shape index (κ2) is 11.8. The van der Waals surface area contributed by atoms with Gasteiger partial charge in [0, 0.05) is 65.2 Å². The molecule has 43 heavy (non-hydrogen) atoms. The van der Waals surface area contributed by atoms with Crippen LogP contribution in [0.5, 0.6) is 0 Å². The highest BCUT2D eigenvalue weighted by Gasteiger charge is 2.28. The Balaban J connectivity index is 1.28. The van der Waals surface area contributed by atoms with Gasteiger partial charge in [-0.15, -0.1) is 0 Å². The van der Waals surface area contributed by atoms with Crippen LogP contribution in [0.1, 0.15) is 12.7 Å². The van der Waals surface area contributed by atoms with Gasteiger partial charge in [-0.2, -0.15) is 5.10 Å². The van der Waals surface area contributed by atoms with Crippen molar-refractivity contribution in [2.75, 3.05) is 42.6 Å². The largest absolute Gasteiger partial charge is 0.465 e. The standard InChI is InChI=1S/C28H37BrN10O3Si/c1-19-16-35(7-9-37(19)28(40)41)23-6-5-20(13-30-23)25-26-21(39(34-25)18-42-11-12-43(2,3)4)14-32-27(33-26)36-8-10-38-22(29)15-31-24(38)17-36/h5-6,13-15,19H,7-12,16-18H2,1-4H3,(H,40,41)/t19-/m1/s1. The number of amides is 1. The predicted octanol–water partition coefficient (Wildman–Crippen LogP) is 4.37. The van der Waals surface area contributed by atoms with Crippen LogP contribution in [0.4, 0.5) is 16.6 Å². The first-order valence-corrected chi connectivity index (χ1v) is 19.0. The molecule has 4 aromatic heterocycles. The van der Waals surface area contributed by atoms with Gasteiger partial charge in [0.25, 0.3) is 0 Å². The first-order valence-electron chi connectivity index (χ1n) is 14.5. The van der Waals surface area contributed by atoms with Gasteiger partial charge >= 0.3 is 6.09 Å². The highest BCUT2D eigenvalue weighted by Crippen LogP contribution is 2.30. The van der Waals surface area contributed by atoms with E-state index >= 15 is 0 Å². The van der Waals surface area contributed by atoms with Crippen LogP contribution in [-0.4, -0.2) is 97.3 Å². The smallest absolute Gasteiger partial charge is 0.407 e. The average molecular weight is 670 g/mol. The number of hydrogen-bond donors (Lipinski definition) is 1. The zero-order chi connectivity index (χ0) is 30.3. The van der Waals surface area contributed by atoms with Crippen LogP contribution in [-0.2, 0) is 24.6 Å². The van der Waals surface area contributed by atoms with Crippen molar-refractivity contribution in [2.45, 2.75) is 58.5 Å². The van der Waals surface area contributed by atoms with Crippen molar-refractivity contribution >= 4 is 52.9 Å². The number of pyridine rings is 1. The first kappa shape index (κ1) is 29.5. The van der Waals surface area contributed by atoms with Gasteiger partial charge in [0.15, 0.2) is 0 Å². The summed E-state index contributed by atoms with van der Waals surface area (Å²) in [5, 5.41) is 14.4. The summed E-state index contributed by atoms with van der Waals surface area (Å²) in [6.45, 7) is 13.7. The number of carboxylic acid groups (broad SMARTS) is 1. The molecule has 13 nitrogen and oxygen atoms in total. The van der Waals surface area contributed by atoms with Crippen LogP contribution < -0.4 is 9.80 Å². The third kappa shape index (κ3) is 6.24. The number of ether oxygens (including phenoxy) is 1. The zero-order valence-electron chi connectivity index (χ0n) is 24.9. The van der Waals surface area contributed by atoms with E-state index in [0.29, 0.717) is 45.5 Å². The molecule has 15 heteroatoms. The lowest BCUT2D eigenvalue weighted by atomic mass is 10.1. The van der Waals surface area contributed by atoms with Crippen molar-refractivity contribution < 1.29 is 14.6 Å². The molecule has 1 fully saturated rings. The number of nitrogens with zero attached hydrogens (tertiary/aromatic N) is 10. The lowest BCUT2D eigenvalue weighted by Gasteiger charge is -2.38. The Morgan fingerprint density at radius 1 is 1.07 bits per heavy atom. The van der Waals surface area contributed by atoms with E-state index in [0.717, 1.165) is 57.7 Å². The van der Waals surface area contributed by atoms with Gasteiger partial charge in [-0.3, -0.25) is 0 Å². The Hall–Kier alpha value is -3.56. The molecular weight excluding hydrogens is 632 g/mol. The molecule has 1 saturated heterocycles. The summed E-state index contributed by atoms with van der Waals surface area (Å²) in [6, 6.07) is 4.94. The number of rotatable bonds is 8. The number of aromatic nitrogens is 7. The van der Waals surface area contributed by atoms with Crippen LogP contribution in [0.2, 0.25) is 25.7 Å². The lowest BCUT2D eigenvalue weighted by molar-refractivity contribution is 0.0818. The fourth-order valence-electron chi connectivity index (χ4n) is 5.48. The SMILES string of the molecule is C[C@@H]1CN(c2ccc(-c3nn(COCC[Si](C)(C)C)c4cnc(N5CCn6c(Br)cnc6C5)nc34)cn2)CCN1C(=O)O. The van der Waals surface area contributed by atoms with Gasteiger partial charge < -0.3 is 29.1 Å². The quantitative estimate of drug-likeness (QED) is 0.213. The van der Waals surface area contributed by atoms with Crippen LogP contribution in [0, 0.1) is 0 Å². The number of imidazole rings is 1. The first-order chi connectivity index (χ1) is 20.6. The molecule has 0 spiro atoms. The van der Waals surface area contributed by atoms with Crippen molar-refractivity contribution in [1.29, 1.82) is 0 Å². The molecule has 6 heterocycles. The van der Waals surface area contributed by atoms with Crippen LogP contribution >= 0.6 is 15.9 Å². The van der Waals surface area contributed by atoms with Crippen molar-refractivity contribution in [2.24, 2.45) is 0 Å². The second-order valence-corrected chi connectivity index (χ2v) is 18.8. The fourth-order valence-corrected chi connectivity index (χ4v) is 6.72. The number of hydrogen-bond acceptors (Lipinski definition) is 9. The predicted molar refractivity (Wildman–Crippen MR) is 170 cm³/mol. The minimum Gasteiger partial charge on any atom is -0.465 e. The maximum Gasteiger partial charge on any atom is 0.407 e. The highest BCUT2D eigenvalue weighted by atomic mass is 79.9. The van der Waals surface area contributed by atoms with E-state index < -0.39 is 14.2 Å². The van der Waals surface area contributed by atoms with Gasteiger partial charge in [0.05, 0.1) is 18.9 Å². The molecule has 0 radical (unpaired) electrons. The maximum absolute atomic E-state index is 11.5. The molecule has 2 aliphatic heterocycles. The number of fused-ring (bicyclic) bond motifs is 2. The van der Waals surface area contributed by atoms with E-state index in [2.05, 4.69) is 54.9 Å². The van der Waals surface area contributed by atoms with E-state index in [-0.39, 0.29) is 6.04 Å². The van der Waals surface area contributed by atoms with Crippen molar-refractivity contribution in [1.82, 2.24) is 39.2 Å². The van der Waals surface area contributed by atoms with E-state index in [9.17, 15) is 9.90 Å². The fraction of sp³-hybridized carbons (Fsp3) is 0.500. The third-order valence-electron chi connectivity index (χ3n) is 8.01. The van der Waals surface area contributed by atoms with Crippen molar-refractivity contribution in [3.8, 4) is 11.3 Å². The van der Waals surface area contributed by atoms with Gasteiger partial charge in [-0.05, 0) is 41.0 Å². The van der Waals surface area contributed by atoms with Crippen LogP contribution in [0.15, 0.2) is 35.3 Å². The molecule has 228 valence electrons. The molecule has 0 saturated carbocycles. The summed E-state index contributed by atoms with van der Waals surface area (Å²) in [5.74, 6) is 2.41. The van der Waals surface area contributed by atoms with Gasteiger partial charge in [-0.25, -0.2) is 29.4 Å². The topological polar surface area (TPSA) is 131 Å². The van der Waals surface area contributed by atoms with Gasteiger partial charge in [0.1, 0.15) is 39.7 Å². The summed E-state index contributed by atoms with van der Waals surface area (Å²) in [7, 11) is -1.22. The Kier molecular flexibility index (Phi) is 8.13. The minimum absolute atomic E-state index is 0.114. The third-order valence-corrected chi connectivity index (χ3v) is 10.3. The zero-order valence-corrected chi connectivity index (χ0v) is 27.5. The molecule has 2 aliphatic rings. The average Bonchev–Trinajstić information content (AvgIpc) is 3.54. The summed E-state index contributed by atoms with van der Waals surface area (Å²) in [5.41, 5.74) is 3.11. The Labute approximate surface area is 259 Å². The minimum atomic E-state index is -1.22. The van der Waals surface area contributed by atoms with Crippen LogP contribution in [0.3, 0.4) is 0 Å². The lowest BCUT2D eigenvalue weighted by Crippen LogP contribution is -2.53.